The first-order chi connectivity index (χ1) is 10.9. The Kier molecular flexibility index (Phi) is 5.59. The maximum absolute atomic E-state index is 4.65. The molecule has 4 heteroatoms. The van der Waals surface area contributed by atoms with E-state index in [9.17, 15) is 0 Å². The van der Waals surface area contributed by atoms with Crippen molar-refractivity contribution < 1.29 is 0 Å². The van der Waals surface area contributed by atoms with E-state index in [1.807, 2.05) is 25.4 Å². The smallest absolute Gasteiger partial charge is 0.227 e. The second-order valence-electron chi connectivity index (χ2n) is 6.94. The van der Waals surface area contributed by atoms with E-state index in [1.54, 1.807) is 0 Å². The molecular weight excluding hydrogens is 284 g/mol. The van der Waals surface area contributed by atoms with Crippen LogP contribution >= 0.6 is 0 Å². The van der Waals surface area contributed by atoms with Crippen LogP contribution in [0.3, 0.4) is 0 Å². The summed E-state index contributed by atoms with van der Waals surface area (Å²) in [6.07, 6.45) is 4.12. The molecule has 0 unspecified atom stereocenters. The first kappa shape index (κ1) is 17.3. The minimum atomic E-state index is 0.0807. The van der Waals surface area contributed by atoms with E-state index in [4.69, 9.17) is 0 Å². The van der Waals surface area contributed by atoms with E-state index in [-0.39, 0.29) is 5.41 Å². The van der Waals surface area contributed by atoms with Crippen LogP contribution in [-0.2, 0) is 5.41 Å². The van der Waals surface area contributed by atoms with Gasteiger partial charge in [-0.2, -0.15) is 4.98 Å². The Balaban J connectivity index is 2.22. The van der Waals surface area contributed by atoms with Gasteiger partial charge in [-0.05, 0) is 29.5 Å². The monoisotopic (exact) mass is 312 g/mol. The third-order valence-electron chi connectivity index (χ3n) is 3.83. The summed E-state index contributed by atoms with van der Waals surface area (Å²) in [7, 11) is 2.04. The Morgan fingerprint density at radius 1 is 1.13 bits per heavy atom. The van der Waals surface area contributed by atoms with Gasteiger partial charge in [0.25, 0.3) is 0 Å². The number of benzene rings is 1. The minimum absolute atomic E-state index is 0.0807. The number of nitrogens with zero attached hydrogens (tertiary/aromatic N) is 3. The van der Waals surface area contributed by atoms with Crippen molar-refractivity contribution in [2.45, 2.75) is 46.0 Å². The lowest BCUT2D eigenvalue weighted by molar-refractivity contribution is 0.592. The molecule has 0 aliphatic carbocycles. The average molecular weight is 312 g/mol. The van der Waals surface area contributed by atoms with Gasteiger partial charge in [-0.25, -0.2) is 4.98 Å². The van der Waals surface area contributed by atoms with E-state index in [2.05, 4.69) is 66.1 Å². The molecule has 1 aromatic carbocycles. The molecule has 0 aliphatic heterocycles. The molecule has 0 atom stereocenters. The van der Waals surface area contributed by atoms with Crippen molar-refractivity contribution in [2.75, 3.05) is 23.8 Å². The molecule has 0 saturated heterocycles. The Morgan fingerprint density at radius 2 is 1.87 bits per heavy atom. The van der Waals surface area contributed by atoms with Gasteiger partial charge >= 0.3 is 0 Å². The average Bonchev–Trinajstić information content (AvgIpc) is 2.52. The van der Waals surface area contributed by atoms with Gasteiger partial charge < -0.3 is 10.2 Å². The number of hydrogen-bond acceptors (Lipinski definition) is 4. The van der Waals surface area contributed by atoms with Gasteiger partial charge in [0.05, 0.1) is 0 Å². The van der Waals surface area contributed by atoms with Crippen molar-refractivity contribution in [3.05, 3.63) is 42.1 Å². The maximum atomic E-state index is 4.65. The number of aromatic nitrogens is 2. The Morgan fingerprint density at radius 3 is 2.57 bits per heavy atom. The van der Waals surface area contributed by atoms with Gasteiger partial charge in [0.2, 0.25) is 5.95 Å². The van der Waals surface area contributed by atoms with Gasteiger partial charge in [-0.15, -0.1) is 0 Å². The fourth-order valence-electron chi connectivity index (χ4n) is 2.48. The Hall–Kier alpha value is -2.10. The lowest BCUT2D eigenvalue weighted by Crippen LogP contribution is -2.21. The maximum Gasteiger partial charge on any atom is 0.227 e. The first-order valence-electron chi connectivity index (χ1n) is 8.32. The van der Waals surface area contributed by atoms with Gasteiger partial charge in [0.15, 0.2) is 0 Å². The fraction of sp³-hybridized carbons (Fsp3) is 0.474. The molecule has 0 amide bonds. The first-order valence-corrected chi connectivity index (χ1v) is 8.32. The number of unbranched alkanes of at least 4 members (excludes halogenated alkanes) is 1. The quantitative estimate of drug-likeness (QED) is 0.835. The third kappa shape index (κ3) is 4.68. The molecular formula is C19H28N4. The zero-order valence-electron chi connectivity index (χ0n) is 14.9. The summed E-state index contributed by atoms with van der Waals surface area (Å²) in [4.78, 5) is 11.1. The molecule has 0 aliphatic rings. The molecule has 1 aromatic heterocycles. The number of hydrogen-bond donors (Lipinski definition) is 1. The highest BCUT2D eigenvalue weighted by Crippen LogP contribution is 2.30. The topological polar surface area (TPSA) is 41.1 Å². The molecule has 2 rings (SSSR count). The Bertz CT molecular complexity index is 631. The minimum Gasteiger partial charge on any atom is -0.344 e. The van der Waals surface area contributed by atoms with Crippen LogP contribution in [0.15, 0.2) is 36.5 Å². The van der Waals surface area contributed by atoms with Crippen molar-refractivity contribution in [1.82, 2.24) is 9.97 Å². The Labute approximate surface area is 140 Å². The molecule has 124 valence electrons. The van der Waals surface area contributed by atoms with Gasteiger partial charge in [0, 0.05) is 25.5 Å². The zero-order chi connectivity index (χ0) is 16.9. The number of nitrogens with one attached hydrogen (secondary N) is 1. The third-order valence-corrected chi connectivity index (χ3v) is 3.83. The molecule has 0 fully saturated rings. The normalized spacial score (nSPS) is 11.3. The van der Waals surface area contributed by atoms with Crippen LogP contribution in [0.4, 0.5) is 17.5 Å². The van der Waals surface area contributed by atoms with Crippen LogP contribution in [-0.4, -0.2) is 23.6 Å². The molecule has 1 heterocycles. The second-order valence-corrected chi connectivity index (χ2v) is 6.94. The van der Waals surface area contributed by atoms with Crippen molar-refractivity contribution in [2.24, 2.45) is 0 Å². The zero-order valence-corrected chi connectivity index (χ0v) is 14.9. The molecule has 0 spiro atoms. The standard InChI is InChI=1S/C19H28N4/c1-6-7-14-23(5)18-20-13-12-17(22-18)21-16-11-9-8-10-15(16)19(2,3)4/h8-13H,6-7,14H2,1-5H3,(H,20,21,22). The van der Waals surface area contributed by atoms with E-state index >= 15 is 0 Å². The van der Waals surface area contributed by atoms with Crippen LogP contribution in [0.1, 0.15) is 46.1 Å². The molecule has 23 heavy (non-hydrogen) atoms. The fourth-order valence-corrected chi connectivity index (χ4v) is 2.48. The van der Waals surface area contributed by atoms with E-state index in [0.29, 0.717) is 0 Å². The van der Waals surface area contributed by atoms with E-state index in [0.717, 1.165) is 30.4 Å². The van der Waals surface area contributed by atoms with Crippen molar-refractivity contribution in [3.63, 3.8) is 0 Å². The molecule has 0 radical (unpaired) electrons. The molecule has 0 saturated carbocycles. The summed E-state index contributed by atoms with van der Waals surface area (Å²) in [5, 5.41) is 3.45. The summed E-state index contributed by atoms with van der Waals surface area (Å²) in [5.41, 5.74) is 2.46. The molecule has 4 nitrogen and oxygen atoms in total. The molecule has 0 bridgehead atoms. The molecule has 1 N–H and O–H groups in total. The van der Waals surface area contributed by atoms with Crippen LogP contribution in [0, 0.1) is 0 Å². The molecule has 2 aromatic rings. The summed E-state index contributed by atoms with van der Waals surface area (Å²) in [6, 6.07) is 10.3. The van der Waals surface area contributed by atoms with E-state index in [1.165, 1.54) is 12.0 Å². The largest absolute Gasteiger partial charge is 0.344 e. The number of rotatable bonds is 6. The number of para-hydroxylation sites is 1. The predicted octanol–water partition coefficient (Wildman–Crippen LogP) is 4.75. The SMILES string of the molecule is CCCCN(C)c1nccc(Nc2ccccc2C(C)(C)C)n1. The highest BCUT2D eigenvalue weighted by molar-refractivity contribution is 5.62. The van der Waals surface area contributed by atoms with Crippen molar-refractivity contribution in [3.8, 4) is 0 Å². The highest BCUT2D eigenvalue weighted by atomic mass is 15.2. The lowest BCUT2D eigenvalue weighted by Gasteiger charge is -2.23. The van der Waals surface area contributed by atoms with Crippen molar-refractivity contribution >= 4 is 17.5 Å². The van der Waals surface area contributed by atoms with Crippen LogP contribution < -0.4 is 10.2 Å². The summed E-state index contributed by atoms with van der Waals surface area (Å²) < 4.78 is 0. The van der Waals surface area contributed by atoms with Crippen LogP contribution in [0.2, 0.25) is 0 Å². The highest BCUT2D eigenvalue weighted by Gasteiger charge is 2.17. The van der Waals surface area contributed by atoms with Crippen molar-refractivity contribution in [1.29, 1.82) is 0 Å². The lowest BCUT2D eigenvalue weighted by atomic mass is 9.86. The van der Waals surface area contributed by atoms with Crippen LogP contribution in [0.25, 0.3) is 0 Å². The second kappa shape index (κ2) is 7.44. The number of anilines is 3. The van der Waals surface area contributed by atoms with Gasteiger partial charge in [0.1, 0.15) is 5.82 Å². The van der Waals surface area contributed by atoms with E-state index < -0.39 is 0 Å². The van der Waals surface area contributed by atoms with Gasteiger partial charge in [-0.1, -0.05) is 52.3 Å². The van der Waals surface area contributed by atoms with Crippen LogP contribution in [0.5, 0.6) is 0 Å². The van der Waals surface area contributed by atoms with Gasteiger partial charge in [-0.3, -0.25) is 0 Å². The summed E-state index contributed by atoms with van der Waals surface area (Å²) in [5.74, 6) is 1.59. The predicted molar refractivity (Wildman–Crippen MR) is 98.6 cm³/mol. The summed E-state index contributed by atoms with van der Waals surface area (Å²) in [6.45, 7) is 9.82. The summed E-state index contributed by atoms with van der Waals surface area (Å²) >= 11 is 0.